The molecular weight excluding hydrogens is 278 g/mol. The lowest BCUT2D eigenvalue weighted by Gasteiger charge is -2.03. The van der Waals surface area contributed by atoms with Crippen molar-refractivity contribution in [3.05, 3.63) is 17.9 Å². The minimum Gasteiger partial charge on any atom is -0.475 e. The molecule has 6 nitrogen and oxygen atoms in total. The number of rotatable bonds is 8. The number of unbranched alkanes of at least 4 members (excludes halogenated alkanes) is 1. The van der Waals surface area contributed by atoms with Gasteiger partial charge in [0.25, 0.3) is 10.0 Å². The van der Waals surface area contributed by atoms with Crippen LogP contribution in [0.15, 0.2) is 21.6 Å². The topological polar surface area (TPSA) is 96.6 Å². The van der Waals surface area contributed by atoms with E-state index in [4.69, 9.17) is 9.52 Å². The number of carboxylic acids is 1. The highest BCUT2D eigenvalue weighted by molar-refractivity contribution is 7.98. The van der Waals surface area contributed by atoms with Crippen molar-refractivity contribution in [1.82, 2.24) is 4.72 Å². The molecule has 0 radical (unpaired) electrons. The maximum absolute atomic E-state index is 11.7. The molecule has 0 saturated heterocycles. The number of carboxylic acid groups (broad SMARTS) is 1. The van der Waals surface area contributed by atoms with Gasteiger partial charge in [-0.25, -0.2) is 17.9 Å². The van der Waals surface area contributed by atoms with Crippen LogP contribution >= 0.6 is 11.8 Å². The van der Waals surface area contributed by atoms with Gasteiger partial charge in [-0.15, -0.1) is 0 Å². The first-order valence-electron chi connectivity index (χ1n) is 5.29. The molecule has 0 bridgehead atoms. The predicted molar refractivity (Wildman–Crippen MR) is 68.5 cm³/mol. The molecule has 1 heterocycles. The molecule has 2 N–H and O–H groups in total. The molecule has 0 unspecified atom stereocenters. The van der Waals surface area contributed by atoms with Crippen molar-refractivity contribution in [2.75, 3.05) is 18.6 Å². The number of furan rings is 1. The average Bonchev–Trinajstić information content (AvgIpc) is 2.78. The highest BCUT2D eigenvalue weighted by Gasteiger charge is 2.20. The van der Waals surface area contributed by atoms with E-state index in [2.05, 4.69) is 4.72 Å². The van der Waals surface area contributed by atoms with Crippen molar-refractivity contribution in [2.24, 2.45) is 0 Å². The summed E-state index contributed by atoms with van der Waals surface area (Å²) in [6.45, 7) is 0.312. The van der Waals surface area contributed by atoms with Crippen LogP contribution in [0.1, 0.15) is 23.4 Å². The molecule has 0 fully saturated rings. The van der Waals surface area contributed by atoms with Crippen LogP contribution in [0, 0.1) is 0 Å². The number of carbonyl (C=O) groups is 1. The van der Waals surface area contributed by atoms with Crippen molar-refractivity contribution in [3.63, 3.8) is 0 Å². The normalized spacial score (nSPS) is 11.6. The summed E-state index contributed by atoms with van der Waals surface area (Å²) in [7, 11) is -3.75. The third-order valence-corrected chi connectivity index (χ3v) is 4.15. The summed E-state index contributed by atoms with van der Waals surface area (Å²) in [5, 5.41) is 8.26. The van der Waals surface area contributed by atoms with E-state index in [0.29, 0.717) is 6.54 Å². The van der Waals surface area contributed by atoms with Crippen LogP contribution in [0.5, 0.6) is 0 Å². The van der Waals surface area contributed by atoms with Gasteiger partial charge in [-0.1, -0.05) is 0 Å². The van der Waals surface area contributed by atoms with E-state index < -0.39 is 21.8 Å². The van der Waals surface area contributed by atoms with Gasteiger partial charge in [0.05, 0.1) is 0 Å². The molecule has 18 heavy (non-hydrogen) atoms. The first-order chi connectivity index (χ1) is 8.47. The number of hydrogen-bond donors (Lipinski definition) is 2. The van der Waals surface area contributed by atoms with Crippen molar-refractivity contribution >= 4 is 27.8 Å². The molecule has 0 spiro atoms. The Morgan fingerprint density at radius 2 is 2.17 bits per heavy atom. The summed E-state index contributed by atoms with van der Waals surface area (Å²) in [4.78, 5) is 10.6. The summed E-state index contributed by atoms with van der Waals surface area (Å²) in [6.07, 6.45) is 3.63. The highest BCUT2D eigenvalue weighted by Crippen LogP contribution is 2.13. The molecular formula is C10H15NO5S2. The zero-order valence-corrected chi connectivity index (χ0v) is 11.5. The summed E-state index contributed by atoms with van der Waals surface area (Å²) < 4.78 is 30.5. The summed E-state index contributed by atoms with van der Waals surface area (Å²) >= 11 is 1.70. The zero-order valence-electron chi connectivity index (χ0n) is 9.88. The number of aromatic carboxylic acids is 1. The van der Waals surface area contributed by atoms with Gasteiger partial charge in [0.1, 0.15) is 0 Å². The maximum Gasteiger partial charge on any atom is 0.371 e. The molecule has 0 aromatic carbocycles. The van der Waals surface area contributed by atoms with Crippen LogP contribution in [0.25, 0.3) is 0 Å². The van der Waals surface area contributed by atoms with E-state index in [9.17, 15) is 13.2 Å². The van der Waals surface area contributed by atoms with Crippen molar-refractivity contribution in [3.8, 4) is 0 Å². The second-order valence-corrected chi connectivity index (χ2v) is 6.21. The molecule has 8 heteroatoms. The number of hydrogen-bond acceptors (Lipinski definition) is 5. The fourth-order valence-corrected chi connectivity index (χ4v) is 2.72. The fourth-order valence-electron chi connectivity index (χ4n) is 1.23. The van der Waals surface area contributed by atoms with Gasteiger partial charge < -0.3 is 9.52 Å². The Morgan fingerprint density at radius 3 is 2.72 bits per heavy atom. The van der Waals surface area contributed by atoms with E-state index in [1.165, 1.54) is 0 Å². The van der Waals surface area contributed by atoms with Gasteiger partial charge >= 0.3 is 5.97 Å². The van der Waals surface area contributed by atoms with E-state index in [0.717, 1.165) is 30.7 Å². The van der Waals surface area contributed by atoms with Crippen molar-refractivity contribution < 1.29 is 22.7 Å². The number of sulfonamides is 1. The Balaban J connectivity index is 2.54. The molecule has 0 aliphatic rings. The highest BCUT2D eigenvalue weighted by atomic mass is 32.2. The predicted octanol–water partition coefficient (Wildman–Crippen LogP) is 1.40. The lowest BCUT2D eigenvalue weighted by Crippen LogP contribution is -2.24. The van der Waals surface area contributed by atoms with E-state index in [1.807, 2.05) is 6.26 Å². The summed E-state index contributed by atoms with van der Waals surface area (Å²) in [6, 6.07) is 2.25. The molecule has 1 aromatic rings. The molecule has 0 atom stereocenters. The second kappa shape index (κ2) is 6.81. The smallest absolute Gasteiger partial charge is 0.371 e. The van der Waals surface area contributed by atoms with Gasteiger partial charge in [-0.3, -0.25) is 0 Å². The Morgan fingerprint density at radius 1 is 1.44 bits per heavy atom. The van der Waals surface area contributed by atoms with Crippen LogP contribution in [-0.4, -0.2) is 38.0 Å². The van der Waals surface area contributed by atoms with Gasteiger partial charge in [0.2, 0.25) is 10.9 Å². The minimum atomic E-state index is -3.75. The fraction of sp³-hybridized carbons (Fsp3) is 0.500. The molecule has 0 saturated carbocycles. The quantitative estimate of drug-likeness (QED) is 0.703. The molecule has 1 aromatic heterocycles. The lowest BCUT2D eigenvalue weighted by atomic mass is 10.3. The zero-order chi connectivity index (χ0) is 13.6. The largest absolute Gasteiger partial charge is 0.475 e. The second-order valence-electron chi connectivity index (χ2n) is 3.52. The van der Waals surface area contributed by atoms with Gasteiger partial charge in [-0.2, -0.15) is 11.8 Å². The number of thioether (sulfide) groups is 1. The van der Waals surface area contributed by atoms with Crippen molar-refractivity contribution in [2.45, 2.75) is 17.9 Å². The van der Waals surface area contributed by atoms with Crippen LogP contribution < -0.4 is 4.72 Å². The van der Waals surface area contributed by atoms with Gasteiger partial charge in [-0.05, 0) is 37.0 Å². The van der Waals surface area contributed by atoms with Gasteiger partial charge in [0, 0.05) is 6.54 Å². The Hall–Kier alpha value is -0.990. The standard InChI is InChI=1S/C10H15NO5S2/c1-17-7-3-2-6-11-18(14,15)9-5-4-8(16-9)10(12)13/h4-5,11H,2-3,6-7H2,1H3,(H,12,13). The lowest BCUT2D eigenvalue weighted by molar-refractivity contribution is 0.0656. The molecule has 0 aliphatic heterocycles. The SMILES string of the molecule is CSCCCCNS(=O)(=O)c1ccc(C(=O)O)o1. The minimum absolute atomic E-state index is 0.312. The summed E-state index contributed by atoms with van der Waals surface area (Å²) in [5.74, 6) is -0.708. The first-order valence-corrected chi connectivity index (χ1v) is 8.17. The summed E-state index contributed by atoms with van der Waals surface area (Å²) in [5.41, 5.74) is 0. The first kappa shape index (κ1) is 15.1. The van der Waals surface area contributed by atoms with E-state index in [1.54, 1.807) is 11.8 Å². The Bertz CT molecular complexity index is 494. The molecule has 102 valence electrons. The third-order valence-electron chi connectivity index (χ3n) is 2.12. The molecule has 0 amide bonds. The monoisotopic (exact) mass is 293 g/mol. The Labute approximate surface area is 110 Å². The molecule has 0 aliphatic carbocycles. The van der Waals surface area contributed by atoms with Crippen LogP contribution in [-0.2, 0) is 10.0 Å². The van der Waals surface area contributed by atoms with E-state index >= 15 is 0 Å². The van der Waals surface area contributed by atoms with Gasteiger partial charge in [0.15, 0.2) is 0 Å². The Kier molecular flexibility index (Phi) is 5.70. The number of nitrogens with one attached hydrogen (secondary N) is 1. The average molecular weight is 293 g/mol. The van der Waals surface area contributed by atoms with Crippen LogP contribution in [0.2, 0.25) is 0 Å². The van der Waals surface area contributed by atoms with E-state index in [-0.39, 0.29) is 5.09 Å². The van der Waals surface area contributed by atoms with Crippen LogP contribution in [0.4, 0.5) is 0 Å². The molecule has 1 rings (SSSR count). The maximum atomic E-state index is 11.7. The third kappa shape index (κ3) is 4.35. The van der Waals surface area contributed by atoms with Crippen molar-refractivity contribution in [1.29, 1.82) is 0 Å². The van der Waals surface area contributed by atoms with Crippen LogP contribution in [0.3, 0.4) is 0 Å².